The molecule has 10 rings (SSSR count). The molecular weight excluding hydrogens is 621 g/mol. The fraction of sp³-hybridized carbons (Fsp3) is 0.0682. The highest BCUT2D eigenvalue weighted by atomic mass is 32.2. The van der Waals surface area contributed by atoms with Crippen molar-refractivity contribution in [1.29, 1.82) is 0 Å². The molecule has 1 aliphatic carbocycles. The molecule has 0 radical (unpaired) electrons. The third-order valence-electron chi connectivity index (χ3n) is 10.1. The van der Waals surface area contributed by atoms with E-state index in [-0.39, 0.29) is 5.41 Å². The third-order valence-corrected chi connectivity index (χ3v) is 12.7. The number of para-hydroxylation sites is 1. The standard InChI is InChI=1S/C44H30N2S2/c1-44(2)35-26-29(16-20-31(35)33-21-23-41-43(42(33)44)48-40-13-6-5-12-39(40)47-41)28-17-22-38-34(25-28)32-9-3-4-11-37(32)46(38)30-18-14-27(15-19-30)36-10-7-8-24-45-36/h3-26H,1-2H3. The van der Waals surface area contributed by atoms with Crippen LogP contribution in [0.3, 0.4) is 0 Å². The highest BCUT2D eigenvalue weighted by molar-refractivity contribution is 8.05. The molecule has 0 N–H and O–H groups in total. The Morgan fingerprint density at radius 2 is 1.23 bits per heavy atom. The molecule has 0 spiro atoms. The van der Waals surface area contributed by atoms with Crippen LogP contribution in [0.25, 0.3) is 61.0 Å². The van der Waals surface area contributed by atoms with E-state index in [4.69, 9.17) is 0 Å². The van der Waals surface area contributed by atoms with Gasteiger partial charge in [0.2, 0.25) is 0 Å². The summed E-state index contributed by atoms with van der Waals surface area (Å²) in [5.41, 5.74) is 13.7. The summed E-state index contributed by atoms with van der Waals surface area (Å²) < 4.78 is 2.38. The summed E-state index contributed by atoms with van der Waals surface area (Å²) in [5.74, 6) is 0. The van der Waals surface area contributed by atoms with Gasteiger partial charge in [0, 0.05) is 53.2 Å². The second-order valence-corrected chi connectivity index (χ2v) is 15.3. The number of aromatic nitrogens is 2. The van der Waals surface area contributed by atoms with Gasteiger partial charge in [-0.2, -0.15) is 0 Å². The summed E-state index contributed by atoms with van der Waals surface area (Å²) in [4.78, 5) is 10.0. The zero-order valence-electron chi connectivity index (χ0n) is 26.6. The van der Waals surface area contributed by atoms with Gasteiger partial charge in [-0.15, -0.1) is 0 Å². The van der Waals surface area contributed by atoms with Crippen molar-refractivity contribution in [2.45, 2.75) is 38.8 Å². The number of nitrogens with zero attached hydrogens (tertiary/aromatic N) is 2. The van der Waals surface area contributed by atoms with Crippen LogP contribution < -0.4 is 0 Å². The number of hydrogen-bond donors (Lipinski definition) is 0. The Balaban J connectivity index is 1.07. The first-order valence-corrected chi connectivity index (χ1v) is 18.0. The molecule has 0 fully saturated rings. The Bertz CT molecular complexity index is 2580. The largest absolute Gasteiger partial charge is 0.309 e. The van der Waals surface area contributed by atoms with Gasteiger partial charge in [-0.1, -0.05) is 110 Å². The van der Waals surface area contributed by atoms with Gasteiger partial charge in [-0.25, -0.2) is 0 Å². The number of hydrogen-bond acceptors (Lipinski definition) is 3. The molecule has 48 heavy (non-hydrogen) atoms. The SMILES string of the molecule is CC1(C)c2cc(-c3ccc4c(c3)c3ccccc3n4-c3ccc(-c4ccccn4)cc3)ccc2-c2ccc3c(c21)Sc1ccccc1S3. The first-order valence-electron chi connectivity index (χ1n) is 16.4. The second-order valence-electron chi connectivity index (χ2n) is 13.2. The van der Waals surface area contributed by atoms with Gasteiger partial charge < -0.3 is 4.57 Å². The number of benzene rings is 6. The molecule has 0 amide bonds. The van der Waals surface area contributed by atoms with Crippen molar-refractivity contribution in [1.82, 2.24) is 9.55 Å². The highest BCUT2D eigenvalue weighted by Crippen LogP contribution is 2.58. The van der Waals surface area contributed by atoms with Crippen molar-refractivity contribution in [2.24, 2.45) is 0 Å². The molecule has 4 heteroatoms. The normalized spacial score (nSPS) is 14.0. The molecule has 6 aromatic carbocycles. The molecule has 2 nitrogen and oxygen atoms in total. The Morgan fingerprint density at radius 1 is 0.542 bits per heavy atom. The van der Waals surface area contributed by atoms with Crippen LogP contribution in [0.5, 0.6) is 0 Å². The van der Waals surface area contributed by atoms with Gasteiger partial charge in [0.25, 0.3) is 0 Å². The fourth-order valence-corrected chi connectivity index (χ4v) is 10.3. The lowest BCUT2D eigenvalue weighted by atomic mass is 9.81. The van der Waals surface area contributed by atoms with Crippen molar-refractivity contribution >= 4 is 45.3 Å². The predicted molar refractivity (Wildman–Crippen MR) is 202 cm³/mol. The van der Waals surface area contributed by atoms with E-state index < -0.39 is 0 Å². The van der Waals surface area contributed by atoms with Gasteiger partial charge >= 0.3 is 0 Å². The van der Waals surface area contributed by atoms with Crippen molar-refractivity contribution < 1.29 is 0 Å². The van der Waals surface area contributed by atoms with Crippen LogP contribution in [0.4, 0.5) is 0 Å². The summed E-state index contributed by atoms with van der Waals surface area (Å²) in [6.45, 7) is 4.81. The van der Waals surface area contributed by atoms with E-state index in [1.54, 1.807) is 0 Å². The maximum absolute atomic E-state index is 4.54. The topological polar surface area (TPSA) is 17.8 Å². The molecule has 8 aromatic rings. The smallest absolute Gasteiger partial charge is 0.0701 e. The molecule has 2 aromatic heterocycles. The fourth-order valence-electron chi connectivity index (χ4n) is 7.79. The molecule has 228 valence electrons. The monoisotopic (exact) mass is 650 g/mol. The van der Waals surface area contributed by atoms with E-state index >= 15 is 0 Å². The lowest BCUT2D eigenvalue weighted by molar-refractivity contribution is 0.642. The van der Waals surface area contributed by atoms with Gasteiger partial charge in [-0.3, -0.25) is 4.98 Å². The molecule has 0 saturated heterocycles. The van der Waals surface area contributed by atoms with E-state index in [0.29, 0.717) is 0 Å². The van der Waals surface area contributed by atoms with Crippen molar-refractivity contribution in [3.63, 3.8) is 0 Å². The summed E-state index contributed by atoms with van der Waals surface area (Å²) in [7, 11) is 0. The first-order chi connectivity index (χ1) is 23.5. The van der Waals surface area contributed by atoms with Crippen LogP contribution in [0.2, 0.25) is 0 Å². The number of fused-ring (bicyclic) bond motifs is 9. The van der Waals surface area contributed by atoms with Gasteiger partial charge in [-0.05, 0) is 100 Å². The molecular formula is C44H30N2S2. The van der Waals surface area contributed by atoms with Crippen molar-refractivity contribution in [2.75, 3.05) is 0 Å². The van der Waals surface area contributed by atoms with Crippen LogP contribution in [-0.4, -0.2) is 9.55 Å². The summed E-state index contributed by atoms with van der Waals surface area (Å²) in [6, 6.07) is 51.1. The molecule has 0 unspecified atom stereocenters. The highest BCUT2D eigenvalue weighted by Gasteiger charge is 2.39. The molecule has 0 atom stereocenters. The Kier molecular flexibility index (Phi) is 6.12. The summed E-state index contributed by atoms with van der Waals surface area (Å²) in [6.07, 6.45) is 1.85. The van der Waals surface area contributed by atoms with Gasteiger partial charge in [0.1, 0.15) is 0 Å². The third kappa shape index (κ3) is 4.12. The van der Waals surface area contributed by atoms with Crippen LogP contribution in [0, 0.1) is 0 Å². The zero-order chi connectivity index (χ0) is 32.0. The van der Waals surface area contributed by atoms with E-state index in [0.717, 1.165) is 16.9 Å². The van der Waals surface area contributed by atoms with E-state index in [1.807, 2.05) is 41.9 Å². The lowest BCUT2D eigenvalue weighted by Gasteiger charge is -2.28. The van der Waals surface area contributed by atoms with Crippen LogP contribution in [-0.2, 0) is 5.41 Å². The summed E-state index contributed by atoms with van der Waals surface area (Å²) >= 11 is 3.84. The maximum atomic E-state index is 4.54. The van der Waals surface area contributed by atoms with Crippen molar-refractivity contribution in [3.8, 4) is 39.2 Å². The first kappa shape index (κ1) is 28.0. The molecule has 0 bridgehead atoms. The Hall–Kier alpha value is -5.03. The molecule has 0 saturated carbocycles. The van der Waals surface area contributed by atoms with E-state index in [1.165, 1.54) is 74.8 Å². The predicted octanol–water partition coefficient (Wildman–Crippen LogP) is 12.4. The quantitative estimate of drug-likeness (QED) is 0.189. The minimum atomic E-state index is -0.104. The molecule has 2 aliphatic rings. The zero-order valence-corrected chi connectivity index (χ0v) is 28.2. The maximum Gasteiger partial charge on any atom is 0.0701 e. The van der Waals surface area contributed by atoms with E-state index in [2.05, 4.69) is 151 Å². The minimum Gasteiger partial charge on any atom is -0.309 e. The Labute approximate surface area is 288 Å². The lowest BCUT2D eigenvalue weighted by Crippen LogP contribution is -2.17. The molecule has 1 aliphatic heterocycles. The van der Waals surface area contributed by atoms with Crippen LogP contribution in [0.1, 0.15) is 25.0 Å². The second kappa shape index (κ2) is 10.5. The molecule has 3 heterocycles. The van der Waals surface area contributed by atoms with Crippen LogP contribution in [0.15, 0.2) is 165 Å². The Morgan fingerprint density at radius 3 is 2.06 bits per heavy atom. The average molecular weight is 651 g/mol. The minimum absolute atomic E-state index is 0.104. The summed E-state index contributed by atoms with van der Waals surface area (Å²) in [5, 5.41) is 2.53. The van der Waals surface area contributed by atoms with Crippen LogP contribution >= 0.6 is 23.5 Å². The van der Waals surface area contributed by atoms with Crippen molar-refractivity contribution in [3.05, 3.63) is 157 Å². The van der Waals surface area contributed by atoms with Gasteiger partial charge in [0.05, 0.1) is 16.7 Å². The number of pyridine rings is 1. The van der Waals surface area contributed by atoms with E-state index in [9.17, 15) is 0 Å². The number of rotatable bonds is 3. The average Bonchev–Trinajstić information content (AvgIpc) is 3.59. The van der Waals surface area contributed by atoms with Gasteiger partial charge in [0.15, 0.2) is 0 Å².